The lowest BCUT2D eigenvalue weighted by Crippen LogP contribution is -2.47. The average Bonchev–Trinajstić information content (AvgIpc) is 3.29. The smallest absolute Gasteiger partial charge is 0.264 e. The molecule has 0 unspecified atom stereocenters. The zero-order valence-electron chi connectivity index (χ0n) is 17.3. The Morgan fingerprint density at radius 2 is 1.67 bits per heavy atom. The largest absolute Gasteiger partial charge is 0.299 e. The number of benzene rings is 2. The fourth-order valence-corrected chi connectivity index (χ4v) is 6.47. The molecule has 0 radical (unpaired) electrons. The molecule has 0 bridgehead atoms. The van der Waals surface area contributed by atoms with Gasteiger partial charge in [-0.25, -0.2) is 8.42 Å². The monoisotopic (exact) mass is 440 g/mol. The number of likely N-dealkylation sites (tertiary alicyclic amines) is 1. The fraction of sp³-hybridized carbons (Fsp3) is 0.333. The zero-order chi connectivity index (χ0) is 21.0. The van der Waals surface area contributed by atoms with Crippen molar-refractivity contribution < 1.29 is 8.42 Å². The summed E-state index contributed by atoms with van der Waals surface area (Å²) in [4.78, 5) is 2.77. The van der Waals surface area contributed by atoms with E-state index in [4.69, 9.17) is 0 Å². The lowest BCUT2D eigenvalue weighted by molar-refractivity contribution is 0.207. The van der Waals surface area contributed by atoms with Gasteiger partial charge in [0.2, 0.25) is 0 Å². The molecule has 2 aromatic carbocycles. The van der Waals surface area contributed by atoms with Crippen LogP contribution in [0.3, 0.4) is 0 Å². The Morgan fingerprint density at radius 3 is 2.27 bits per heavy atom. The maximum Gasteiger partial charge on any atom is 0.264 e. The van der Waals surface area contributed by atoms with Crippen molar-refractivity contribution in [3.63, 3.8) is 0 Å². The molecule has 1 aliphatic rings. The molecule has 2 heterocycles. The van der Waals surface area contributed by atoms with Crippen LogP contribution in [0.2, 0.25) is 0 Å². The summed E-state index contributed by atoms with van der Waals surface area (Å²) in [6.45, 7) is 4.84. The van der Waals surface area contributed by atoms with Crippen molar-refractivity contribution in [2.24, 2.45) is 0 Å². The molecular weight excluding hydrogens is 412 g/mol. The van der Waals surface area contributed by atoms with E-state index in [0.717, 1.165) is 44.6 Å². The number of aryl methyl sites for hydroxylation is 1. The highest BCUT2D eigenvalue weighted by Gasteiger charge is 2.34. The second-order valence-electron chi connectivity index (χ2n) is 7.77. The van der Waals surface area contributed by atoms with Gasteiger partial charge in [-0.1, -0.05) is 37.3 Å². The van der Waals surface area contributed by atoms with Crippen LogP contribution in [0, 0.1) is 0 Å². The van der Waals surface area contributed by atoms with Crippen LogP contribution in [-0.2, 0) is 23.0 Å². The molecule has 30 heavy (non-hydrogen) atoms. The van der Waals surface area contributed by atoms with Crippen LogP contribution in [0.1, 0.15) is 30.9 Å². The van der Waals surface area contributed by atoms with Crippen LogP contribution in [0.5, 0.6) is 0 Å². The van der Waals surface area contributed by atoms with Gasteiger partial charge >= 0.3 is 0 Å². The molecule has 0 amide bonds. The van der Waals surface area contributed by atoms with Gasteiger partial charge in [-0.15, -0.1) is 0 Å². The van der Waals surface area contributed by atoms with Crippen LogP contribution in [0.15, 0.2) is 76.3 Å². The topological polar surface area (TPSA) is 40.6 Å². The van der Waals surface area contributed by atoms with E-state index in [-0.39, 0.29) is 6.04 Å². The molecule has 1 saturated heterocycles. The Kier molecular flexibility index (Phi) is 6.56. The Labute approximate surface area is 183 Å². The summed E-state index contributed by atoms with van der Waals surface area (Å²) in [6.07, 6.45) is 2.59. The maximum atomic E-state index is 13.6. The standard InChI is InChI=1S/C24H28N2O2S2/c1-2-20-8-10-22(11-9-20)26(30(27,28)24-6-4-3-5-7-24)23-12-15-25(16-13-23)18-21-14-17-29-19-21/h3-11,14,17,19,23H,2,12-13,15-16,18H2,1H3. The molecule has 1 fully saturated rings. The third-order valence-electron chi connectivity index (χ3n) is 5.77. The minimum Gasteiger partial charge on any atom is -0.299 e. The van der Waals surface area contributed by atoms with Crippen molar-refractivity contribution in [3.8, 4) is 0 Å². The van der Waals surface area contributed by atoms with Crippen molar-refractivity contribution in [1.29, 1.82) is 0 Å². The van der Waals surface area contributed by atoms with E-state index in [0.29, 0.717) is 4.90 Å². The van der Waals surface area contributed by atoms with Crippen molar-refractivity contribution in [2.75, 3.05) is 17.4 Å². The van der Waals surface area contributed by atoms with Crippen LogP contribution in [-0.4, -0.2) is 32.4 Å². The molecule has 1 aromatic heterocycles. The predicted octanol–water partition coefficient (Wildman–Crippen LogP) is 5.17. The molecule has 4 nitrogen and oxygen atoms in total. The van der Waals surface area contributed by atoms with Crippen molar-refractivity contribution in [1.82, 2.24) is 4.90 Å². The lowest BCUT2D eigenvalue weighted by atomic mass is 10.0. The van der Waals surface area contributed by atoms with E-state index in [1.165, 1.54) is 11.1 Å². The van der Waals surface area contributed by atoms with Crippen molar-refractivity contribution in [3.05, 3.63) is 82.6 Å². The molecule has 0 atom stereocenters. The van der Waals surface area contributed by atoms with Gasteiger partial charge in [0.25, 0.3) is 10.0 Å². The Hall–Kier alpha value is -2.15. The molecule has 6 heteroatoms. The van der Waals surface area contributed by atoms with E-state index in [9.17, 15) is 8.42 Å². The summed E-state index contributed by atoms with van der Waals surface area (Å²) in [5.74, 6) is 0. The van der Waals surface area contributed by atoms with Crippen LogP contribution < -0.4 is 4.31 Å². The number of anilines is 1. The maximum absolute atomic E-state index is 13.6. The summed E-state index contributed by atoms with van der Waals surface area (Å²) in [7, 11) is -3.62. The van der Waals surface area contributed by atoms with E-state index in [1.54, 1.807) is 39.9 Å². The van der Waals surface area contributed by atoms with Gasteiger partial charge in [-0.2, -0.15) is 11.3 Å². The van der Waals surface area contributed by atoms with Crippen molar-refractivity contribution in [2.45, 2.75) is 43.7 Å². The third-order valence-corrected chi connectivity index (χ3v) is 8.40. The Balaban J connectivity index is 1.59. The highest BCUT2D eigenvalue weighted by molar-refractivity contribution is 7.92. The van der Waals surface area contributed by atoms with E-state index < -0.39 is 10.0 Å². The summed E-state index contributed by atoms with van der Waals surface area (Å²) in [6, 6.07) is 18.9. The normalized spacial score (nSPS) is 15.9. The Morgan fingerprint density at radius 1 is 0.967 bits per heavy atom. The van der Waals surface area contributed by atoms with E-state index >= 15 is 0 Å². The van der Waals surface area contributed by atoms with Gasteiger partial charge in [-0.3, -0.25) is 9.21 Å². The quantitative estimate of drug-likeness (QED) is 0.509. The highest BCUT2D eigenvalue weighted by Crippen LogP contribution is 2.31. The molecular formula is C24H28N2O2S2. The van der Waals surface area contributed by atoms with Crippen LogP contribution in [0.4, 0.5) is 5.69 Å². The first-order valence-corrected chi connectivity index (χ1v) is 12.9. The zero-order valence-corrected chi connectivity index (χ0v) is 18.9. The van der Waals surface area contributed by atoms with Gasteiger partial charge in [0, 0.05) is 25.7 Å². The van der Waals surface area contributed by atoms with Gasteiger partial charge < -0.3 is 0 Å². The molecule has 3 aromatic rings. The highest BCUT2D eigenvalue weighted by atomic mass is 32.2. The van der Waals surface area contributed by atoms with E-state index in [2.05, 4.69) is 28.7 Å². The first kappa shape index (κ1) is 21.1. The van der Waals surface area contributed by atoms with Gasteiger partial charge in [-0.05, 0) is 71.5 Å². The summed E-state index contributed by atoms with van der Waals surface area (Å²) < 4.78 is 28.9. The van der Waals surface area contributed by atoms with Gasteiger partial charge in [0.05, 0.1) is 10.6 Å². The minimum atomic E-state index is -3.62. The molecule has 1 aliphatic heterocycles. The number of sulfonamides is 1. The summed E-state index contributed by atoms with van der Waals surface area (Å²) >= 11 is 1.72. The number of nitrogens with zero attached hydrogens (tertiary/aromatic N) is 2. The minimum absolute atomic E-state index is 0.0404. The van der Waals surface area contributed by atoms with E-state index in [1.807, 2.05) is 30.3 Å². The fourth-order valence-electron chi connectivity index (χ4n) is 4.08. The predicted molar refractivity (Wildman–Crippen MR) is 125 cm³/mol. The number of thiophene rings is 1. The molecule has 0 aliphatic carbocycles. The Bertz CT molecular complexity index is 1020. The summed E-state index contributed by atoms with van der Waals surface area (Å²) in [5, 5.41) is 4.30. The number of rotatable bonds is 7. The number of hydrogen-bond acceptors (Lipinski definition) is 4. The SMILES string of the molecule is CCc1ccc(N(C2CCN(Cc3ccsc3)CC2)S(=O)(=O)c2ccccc2)cc1. The third kappa shape index (κ3) is 4.61. The lowest BCUT2D eigenvalue weighted by Gasteiger charge is -2.39. The second kappa shape index (κ2) is 9.33. The second-order valence-corrected chi connectivity index (χ2v) is 10.4. The molecule has 0 spiro atoms. The summed E-state index contributed by atoms with van der Waals surface area (Å²) in [5.41, 5.74) is 3.30. The average molecular weight is 441 g/mol. The molecule has 0 N–H and O–H groups in total. The number of hydrogen-bond donors (Lipinski definition) is 0. The molecule has 4 rings (SSSR count). The van der Waals surface area contributed by atoms with Gasteiger partial charge in [0.15, 0.2) is 0 Å². The molecule has 0 saturated carbocycles. The van der Waals surface area contributed by atoms with Crippen LogP contribution in [0.25, 0.3) is 0 Å². The first-order chi connectivity index (χ1) is 14.6. The van der Waals surface area contributed by atoms with Crippen molar-refractivity contribution >= 4 is 27.0 Å². The van der Waals surface area contributed by atoms with Gasteiger partial charge in [0.1, 0.15) is 0 Å². The number of piperidine rings is 1. The van der Waals surface area contributed by atoms with Crippen LogP contribution >= 0.6 is 11.3 Å². The first-order valence-electron chi connectivity index (χ1n) is 10.5. The molecule has 158 valence electrons.